The van der Waals surface area contributed by atoms with Crippen LogP contribution in [-0.2, 0) is 0 Å². The fourth-order valence-electron chi connectivity index (χ4n) is 2.61. The minimum atomic E-state index is 0.0102. The second-order valence-corrected chi connectivity index (χ2v) is 7.30. The molecule has 2 nitrogen and oxygen atoms in total. The zero-order chi connectivity index (χ0) is 16.7. The number of hydrogen-bond acceptors (Lipinski definition) is 2. The summed E-state index contributed by atoms with van der Waals surface area (Å²) in [5.41, 5.74) is 1.93. The molecule has 0 aromatic heterocycles. The predicted octanol–water partition coefficient (Wildman–Crippen LogP) is 5.32. The van der Waals surface area contributed by atoms with Gasteiger partial charge in [0.2, 0.25) is 0 Å². The van der Waals surface area contributed by atoms with E-state index in [1.54, 1.807) is 11.8 Å². The molecule has 0 saturated heterocycles. The summed E-state index contributed by atoms with van der Waals surface area (Å²) in [5.74, 6) is 1.48. The van der Waals surface area contributed by atoms with E-state index in [4.69, 9.17) is 0 Å². The number of nitrogens with one attached hydrogen (secondary N) is 1. The van der Waals surface area contributed by atoms with Crippen LogP contribution in [0.3, 0.4) is 0 Å². The molecule has 0 saturated carbocycles. The first kappa shape index (κ1) is 17.6. The van der Waals surface area contributed by atoms with Crippen molar-refractivity contribution >= 4 is 17.7 Å². The quantitative estimate of drug-likeness (QED) is 0.698. The SMILES string of the molecule is CCSc1ccccc1C(=O)N[C@@H](CC(C)C)c1ccccc1. The molecule has 1 amide bonds. The molecule has 0 aliphatic carbocycles. The van der Waals surface area contributed by atoms with Crippen LogP contribution in [0.5, 0.6) is 0 Å². The zero-order valence-corrected chi connectivity index (χ0v) is 14.9. The number of amides is 1. The Hall–Kier alpha value is -1.74. The number of hydrogen-bond donors (Lipinski definition) is 1. The molecule has 2 rings (SSSR count). The van der Waals surface area contributed by atoms with Crippen molar-refractivity contribution < 1.29 is 4.79 Å². The van der Waals surface area contributed by atoms with E-state index in [-0.39, 0.29) is 11.9 Å². The highest BCUT2D eigenvalue weighted by Crippen LogP contribution is 2.25. The molecule has 1 N–H and O–H groups in total. The van der Waals surface area contributed by atoms with Crippen LogP contribution in [0.4, 0.5) is 0 Å². The van der Waals surface area contributed by atoms with E-state index in [1.807, 2.05) is 42.5 Å². The minimum Gasteiger partial charge on any atom is -0.345 e. The minimum absolute atomic E-state index is 0.0102. The van der Waals surface area contributed by atoms with Crippen LogP contribution in [-0.4, -0.2) is 11.7 Å². The van der Waals surface area contributed by atoms with Crippen LogP contribution in [0.2, 0.25) is 0 Å². The number of carbonyl (C=O) groups excluding carboxylic acids is 1. The fraction of sp³-hybridized carbons (Fsp3) is 0.350. The Labute approximate surface area is 143 Å². The molecule has 0 aliphatic rings. The van der Waals surface area contributed by atoms with Crippen molar-refractivity contribution in [3.8, 4) is 0 Å². The van der Waals surface area contributed by atoms with E-state index in [0.29, 0.717) is 5.92 Å². The maximum Gasteiger partial charge on any atom is 0.252 e. The molecule has 0 radical (unpaired) electrons. The molecule has 2 aromatic carbocycles. The van der Waals surface area contributed by atoms with E-state index in [1.165, 1.54) is 0 Å². The van der Waals surface area contributed by atoms with Crippen LogP contribution in [0.1, 0.15) is 49.2 Å². The molecule has 1 atom stereocenters. The topological polar surface area (TPSA) is 29.1 Å². The smallest absolute Gasteiger partial charge is 0.252 e. The molecule has 0 aliphatic heterocycles. The number of rotatable bonds is 7. The lowest BCUT2D eigenvalue weighted by molar-refractivity contribution is 0.0929. The second kappa shape index (κ2) is 8.78. The third-order valence-corrected chi connectivity index (χ3v) is 4.60. The van der Waals surface area contributed by atoms with Gasteiger partial charge in [0, 0.05) is 4.90 Å². The van der Waals surface area contributed by atoms with Gasteiger partial charge in [-0.3, -0.25) is 4.79 Å². The second-order valence-electron chi connectivity index (χ2n) is 6.00. The Morgan fingerprint density at radius 1 is 1.04 bits per heavy atom. The summed E-state index contributed by atoms with van der Waals surface area (Å²) >= 11 is 1.71. The van der Waals surface area contributed by atoms with Crippen molar-refractivity contribution in [1.82, 2.24) is 5.32 Å². The Bertz CT molecular complexity index is 625. The number of thioether (sulfide) groups is 1. The molecule has 122 valence electrons. The van der Waals surface area contributed by atoms with Gasteiger partial charge in [-0.1, -0.05) is 63.2 Å². The maximum atomic E-state index is 12.8. The number of carbonyl (C=O) groups is 1. The standard InChI is InChI=1S/C20H25NOS/c1-4-23-19-13-9-8-12-17(19)20(22)21-18(14-15(2)3)16-10-6-5-7-11-16/h5-13,15,18H,4,14H2,1-3H3,(H,21,22)/t18-/m0/s1. The first-order chi connectivity index (χ1) is 11.1. The van der Waals surface area contributed by atoms with Crippen LogP contribution < -0.4 is 5.32 Å². The highest BCUT2D eigenvalue weighted by Gasteiger charge is 2.18. The van der Waals surface area contributed by atoms with Crippen LogP contribution in [0.25, 0.3) is 0 Å². The average Bonchev–Trinajstić information content (AvgIpc) is 2.55. The summed E-state index contributed by atoms with van der Waals surface area (Å²) in [4.78, 5) is 13.8. The number of benzene rings is 2. The molecular weight excluding hydrogens is 302 g/mol. The predicted molar refractivity (Wildman–Crippen MR) is 98.9 cm³/mol. The van der Waals surface area contributed by atoms with Gasteiger partial charge in [0.05, 0.1) is 11.6 Å². The largest absolute Gasteiger partial charge is 0.345 e. The third kappa shape index (κ3) is 5.14. The summed E-state index contributed by atoms with van der Waals surface area (Å²) in [6.45, 7) is 6.47. The van der Waals surface area contributed by atoms with Gasteiger partial charge in [-0.2, -0.15) is 0 Å². The van der Waals surface area contributed by atoms with Crippen molar-refractivity contribution in [2.75, 3.05) is 5.75 Å². The molecule has 0 fully saturated rings. The molecule has 0 spiro atoms. The van der Waals surface area contributed by atoms with E-state index in [9.17, 15) is 4.79 Å². The lowest BCUT2D eigenvalue weighted by atomic mass is 9.96. The van der Waals surface area contributed by atoms with Crippen molar-refractivity contribution in [1.29, 1.82) is 0 Å². The van der Waals surface area contributed by atoms with Crippen LogP contribution in [0.15, 0.2) is 59.5 Å². The molecule has 23 heavy (non-hydrogen) atoms. The van der Waals surface area contributed by atoms with Gasteiger partial charge in [-0.25, -0.2) is 0 Å². The normalized spacial score (nSPS) is 12.2. The first-order valence-corrected chi connectivity index (χ1v) is 9.18. The lowest BCUT2D eigenvalue weighted by Crippen LogP contribution is -2.29. The Balaban J connectivity index is 2.21. The van der Waals surface area contributed by atoms with Crippen molar-refractivity contribution in [2.45, 2.75) is 38.1 Å². The molecule has 3 heteroatoms. The zero-order valence-electron chi connectivity index (χ0n) is 14.1. The maximum absolute atomic E-state index is 12.8. The van der Waals surface area contributed by atoms with E-state index in [0.717, 1.165) is 28.2 Å². The van der Waals surface area contributed by atoms with E-state index < -0.39 is 0 Å². The summed E-state index contributed by atoms with van der Waals surface area (Å²) < 4.78 is 0. The summed E-state index contributed by atoms with van der Waals surface area (Å²) in [5, 5.41) is 3.23. The highest BCUT2D eigenvalue weighted by molar-refractivity contribution is 7.99. The van der Waals surface area contributed by atoms with Gasteiger partial charge in [-0.15, -0.1) is 11.8 Å². The molecule has 0 unspecified atom stereocenters. The Kier molecular flexibility index (Phi) is 6.72. The van der Waals surface area contributed by atoms with Crippen molar-refractivity contribution in [2.24, 2.45) is 5.92 Å². The molecule has 0 bridgehead atoms. The van der Waals surface area contributed by atoms with Gasteiger partial charge >= 0.3 is 0 Å². The van der Waals surface area contributed by atoms with Crippen LogP contribution in [0, 0.1) is 5.92 Å². The van der Waals surface area contributed by atoms with Crippen molar-refractivity contribution in [3.63, 3.8) is 0 Å². The highest BCUT2D eigenvalue weighted by atomic mass is 32.2. The monoisotopic (exact) mass is 327 g/mol. The molecule has 2 aromatic rings. The van der Waals surface area contributed by atoms with Gasteiger partial charge in [0.1, 0.15) is 0 Å². The van der Waals surface area contributed by atoms with Gasteiger partial charge in [0.25, 0.3) is 5.91 Å². The molecule has 0 heterocycles. The average molecular weight is 327 g/mol. The van der Waals surface area contributed by atoms with E-state index >= 15 is 0 Å². The fourth-order valence-corrected chi connectivity index (χ4v) is 3.41. The van der Waals surface area contributed by atoms with Gasteiger partial charge in [0.15, 0.2) is 0 Å². The van der Waals surface area contributed by atoms with Crippen LogP contribution >= 0.6 is 11.8 Å². The molecular formula is C20H25NOS. The Morgan fingerprint density at radius 2 is 1.70 bits per heavy atom. The third-order valence-electron chi connectivity index (χ3n) is 3.65. The summed E-state index contributed by atoms with van der Waals surface area (Å²) in [6.07, 6.45) is 0.929. The lowest BCUT2D eigenvalue weighted by Gasteiger charge is -2.22. The Morgan fingerprint density at radius 3 is 2.35 bits per heavy atom. The summed E-state index contributed by atoms with van der Waals surface area (Å²) in [6, 6.07) is 18.1. The van der Waals surface area contributed by atoms with Gasteiger partial charge in [-0.05, 0) is 35.8 Å². The van der Waals surface area contributed by atoms with Gasteiger partial charge < -0.3 is 5.32 Å². The first-order valence-electron chi connectivity index (χ1n) is 8.19. The van der Waals surface area contributed by atoms with Crippen molar-refractivity contribution in [3.05, 3.63) is 65.7 Å². The van der Waals surface area contributed by atoms with E-state index in [2.05, 4.69) is 38.2 Å². The summed E-state index contributed by atoms with van der Waals surface area (Å²) in [7, 11) is 0.